The molecule has 2 saturated heterocycles. The monoisotopic (exact) mass is 524 g/mol. The van der Waals surface area contributed by atoms with E-state index in [1.165, 1.54) is 0 Å². The number of hydrogen-bond acceptors (Lipinski definition) is 17. The normalized spacial score (nSPS) is 41.0. The highest BCUT2D eigenvalue weighted by atomic mass is 16.7. The maximum absolute atomic E-state index is 10.00. The zero-order valence-electron chi connectivity index (χ0n) is 18.4. The molecule has 17 nitrogen and oxygen atoms in total. The van der Waals surface area contributed by atoms with Crippen LogP contribution in [0.3, 0.4) is 0 Å². The summed E-state index contributed by atoms with van der Waals surface area (Å²) in [5.41, 5.74) is 0. The van der Waals surface area contributed by atoms with Crippen LogP contribution < -0.4 is 0 Å². The van der Waals surface area contributed by atoms with Crippen LogP contribution in [0.1, 0.15) is 0 Å². The van der Waals surface area contributed by atoms with Crippen LogP contribution in [-0.2, 0) is 14.2 Å². The molecule has 2 fully saturated rings. The highest BCUT2D eigenvalue weighted by Gasteiger charge is 2.56. The molecule has 14 N–H and O–H groups in total. The highest BCUT2D eigenvalue weighted by molar-refractivity contribution is 4.98. The van der Waals surface area contributed by atoms with Crippen LogP contribution in [0.4, 0.5) is 0 Å². The summed E-state index contributed by atoms with van der Waals surface area (Å²) in [6.07, 6.45) is -18.6. The van der Waals surface area contributed by atoms with Crippen LogP contribution in [-0.4, -0.2) is 184 Å². The second kappa shape index (κ2) is 14.3. The van der Waals surface area contributed by atoms with Gasteiger partial charge < -0.3 is 85.7 Å². The van der Waals surface area contributed by atoms with E-state index in [0.29, 0.717) is 0 Å². The minimum Gasteiger partial charge on any atom is -0.394 e. The summed E-state index contributed by atoms with van der Waals surface area (Å²) in [7, 11) is 0. The lowest BCUT2D eigenvalue weighted by molar-refractivity contribution is -0.318. The predicted octanol–water partition coefficient (Wildman–Crippen LogP) is -8.98. The number of aliphatic hydroxyl groups excluding tert-OH is 13. The summed E-state index contributed by atoms with van der Waals surface area (Å²) >= 11 is 0. The van der Waals surface area contributed by atoms with Gasteiger partial charge in [-0.2, -0.15) is 0 Å². The van der Waals surface area contributed by atoms with Crippen molar-refractivity contribution in [3.63, 3.8) is 0 Å². The fourth-order valence-corrected chi connectivity index (χ4v) is 3.30. The fraction of sp³-hybridized carbons (Fsp3) is 1.00. The van der Waals surface area contributed by atoms with Crippen molar-refractivity contribution in [3.05, 3.63) is 0 Å². The molecule has 0 saturated carbocycles. The van der Waals surface area contributed by atoms with Gasteiger partial charge in [-0.15, -0.1) is 0 Å². The van der Waals surface area contributed by atoms with Gasteiger partial charge in [0.25, 0.3) is 0 Å². The highest BCUT2D eigenvalue weighted by Crippen LogP contribution is 2.33. The van der Waals surface area contributed by atoms with E-state index in [1.54, 1.807) is 0 Å². The molecule has 2 aliphatic rings. The minimum atomic E-state index is -2.37. The molecular formula is C18H36O17. The van der Waals surface area contributed by atoms with Crippen LogP contribution in [0.5, 0.6) is 0 Å². The quantitative estimate of drug-likeness (QED) is 0.126. The van der Waals surface area contributed by atoms with Crippen molar-refractivity contribution in [1.29, 1.82) is 0 Å². The molecule has 2 rings (SSSR count). The van der Waals surface area contributed by atoms with Gasteiger partial charge in [-0.05, 0) is 0 Å². The lowest BCUT2D eigenvalue weighted by atomic mass is 9.99. The Labute approximate surface area is 198 Å². The predicted molar refractivity (Wildman–Crippen MR) is 107 cm³/mol. The molecule has 0 unspecified atom stereocenters. The lowest BCUT2D eigenvalue weighted by Gasteiger charge is -2.41. The summed E-state index contributed by atoms with van der Waals surface area (Å²) in [5.74, 6) is -2.37. The summed E-state index contributed by atoms with van der Waals surface area (Å²) in [5, 5.41) is 129. The van der Waals surface area contributed by atoms with Crippen LogP contribution in [0, 0.1) is 0 Å². The van der Waals surface area contributed by atoms with Crippen molar-refractivity contribution in [2.75, 3.05) is 33.0 Å². The molecule has 0 amide bonds. The summed E-state index contributed by atoms with van der Waals surface area (Å²) in [4.78, 5) is 0. The smallest absolute Gasteiger partial charge is 0.219 e. The third-order valence-electron chi connectivity index (χ3n) is 5.55. The van der Waals surface area contributed by atoms with Gasteiger partial charge in [-0.1, -0.05) is 0 Å². The Morgan fingerprint density at radius 3 is 1.60 bits per heavy atom. The Bertz CT molecular complexity index is 583. The van der Waals surface area contributed by atoms with Gasteiger partial charge in [0.15, 0.2) is 6.29 Å². The second-order valence-corrected chi connectivity index (χ2v) is 8.07. The van der Waals surface area contributed by atoms with E-state index >= 15 is 0 Å². The minimum absolute atomic E-state index is 0.668. The number of hydrogen-bond donors (Lipinski definition) is 14. The Morgan fingerprint density at radius 2 is 1.20 bits per heavy atom. The van der Waals surface area contributed by atoms with Crippen LogP contribution >= 0.6 is 0 Å². The van der Waals surface area contributed by atoms with E-state index in [4.69, 9.17) is 55.1 Å². The van der Waals surface area contributed by atoms with Gasteiger partial charge in [-0.25, -0.2) is 0 Å². The number of aliphatic hydroxyl groups is 14. The fourth-order valence-electron chi connectivity index (χ4n) is 3.30. The summed E-state index contributed by atoms with van der Waals surface area (Å²) in [6, 6.07) is 0. The molecule has 35 heavy (non-hydrogen) atoms. The average molecular weight is 524 g/mol. The largest absolute Gasteiger partial charge is 0.394 e. The molecule has 0 aromatic carbocycles. The third-order valence-corrected chi connectivity index (χ3v) is 5.55. The molecule has 0 aromatic heterocycles. The first-order valence-electron chi connectivity index (χ1n) is 10.5. The standard InChI is InChI=1S/C12H22O11.C6H14O6/c13-1-4-6(16)7(17)8(18)11(21-4)22-9-5(2-14)23-12(20,3-15)10(9)19;7-1-3(9)5(11)6(12)4(10)2-8/h4-11,13-20H,1-3H2;3-12H,1-2H2/t4-,5-,6+,7+,8-,9-,10+,11+,12-;3-,4-,5-,6-/m11/s1. The molecule has 2 heterocycles. The summed E-state index contributed by atoms with van der Waals surface area (Å²) in [6.45, 7) is -3.77. The van der Waals surface area contributed by atoms with Gasteiger partial charge in [0.2, 0.25) is 5.79 Å². The maximum atomic E-state index is 10.00. The molecule has 13 atom stereocenters. The van der Waals surface area contributed by atoms with E-state index in [0.717, 1.165) is 0 Å². The van der Waals surface area contributed by atoms with Crippen LogP contribution in [0.25, 0.3) is 0 Å². The Hall–Kier alpha value is -0.680. The van der Waals surface area contributed by atoms with Gasteiger partial charge in [0.05, 0.1) is 33.0 Å². The molecule has 0 bridgehead atoms. The SMILES string of the molecule is OC[C@@H](O)[C@@H](O)[C@H](O)[C@H](O)CO.OC[C@H]1O[C@@H](O[C@@H]2[C@@H](CO)O[C@](O)(CO)[C@H]2O)[C@H](O)[C@@H](O)[C@H]1O. The second-order valence-electron chi connectivity index (χ2n) is 8.07. The first-order chi connectivity index (χ1) is 16.3. The Balaban J connectivity index is 0.000000434. The van der Waals surface area contributed by atoms with E-state index in [1.807, 2.05) is 0 Å². The number of ether oxygens (including phenoxy) is 3. The molecule has 0 spiro atoms. The van der Waals surface area contributed by atoms with Gasteiger partial charge in [-0.3, -0.25) is 0 Å². The van der Waals surface area contributed by atoms with Crippen molar-refractivity contribution in [1.82, 2.24) is 0 Å². The molecule has 0 aliphatic carbocycles. The topological polar surface area (TPSA) is 311 Å². The molecule has 210 valence electrons. The van der Waals surface area contributed by atoms with E-state index in [2.05, 4.69) is 0 Å². The van der Waals surface area contributed by atoms with E-state index in [-0.39, 0.29) is 0 Å². The van der Waals surface area contributed by atoms with Gasteiger partial charge in [0, 0.05) is 0 Å². The van der Waals surface area contributed by atoms with Gasteiger partial charge in [0.1, 0.15) is 67.1 Å². The zero-order chi connectivity index (χ0) is 27.1. The number of rotatable bonds is 10. The molecule has 0 radical (unpaired) electrons. The summed E-state index contributed by atoms with van der Waals surface area (Å²) < 4.78 is 15.3. The maximum Gasteiger partial charge on any atom is 0.219 e. The molecular weight excluding hydrogens is 488 g/mol. The molecule has 0 aromatic rings. The van der Waals surface area contributed by atoms with Crippen molar-refractivity contribution in [3.8, 4) is 0 Å². The van der Waals surface area contributed by atoms with Gasteiger partial charge >= 0.3 is 0 Å². The average Bonchev–Trinajstić information content (AvgIpc) is 3.12. The van der Waals surface area contributed by atoms with Crippen molar-refractivity contribution in [2.45, 2.75) is 79.2 Å². The first kappa shape index (κ1) is 32.3. The zero-order valence-corrected chi connectivity index (χ0v) is 18.4. The van der Waals surface area contributed by atoms with Crippen molar-refractivity contribution in [2.24, 2.45) is 0 Å². The lowest BCUT2D eigenvalue weighted by Crippen LogP contribution is -2.60. The van der Waals surface area contributed by atoms with E-state index < -0.39 is 112 Å². The van der Waals surface area contributed by atoms with Crippen molar-refractivity contribution >= 4 is 0 Å². The van der Waals surface area contributed by atoms with E-state index in [9.17, 15) is 30.6 Å². The van der Waals surface area contributed by atoms with Crippen molar-refractivity contribution < 1.29 is 85.7 Å². The Kier molecular flexibility index (Phi) is 13.2. The van der Waals surface area contributed by atoms with Crippen LogP contribution in [0.15, 0.2) is 0 Å². The first-order valence-corrected chi connectivity index (χ1v) is 10.5. The molecule has 17 heteroatoms. The Morgan fingerprint density at radius 1 is 0.714 bits per heavy atom. The molecule has 2 aliphatic heterocycles. The van der Waals surface area contributed by atoms with Crippen LogP contribution in [0.2, 0.25) is 0 Å². The third kappa shape index (κ3) is 7.66.